The normalized spacial score (nSPS) is 15.0. The van der Waals surface area contributed by atoms with Crippen molar-refractivity contribution in [2.45, 2.75) is 25.4 Å². The van der Waals surface area contributed by atoms with Crippen LogP contribution in [0.4, 0.5) is 4.79 Å². The number of hydrogen-bond donors (Lipinski definition) is 1. The maximum absolute atomic E-state index is 12.6. The monoisotopic (exact) mass is 399 g/mol. The number of ether oxygens (including phenoxy) is 1. The third-order valence-electron chi connectivity index (χ3n) is 4.97. The number of amides is 2. The molecule has 0 spiro atoms. The fourth-order valence-corrected chi connectivity index (χ4v) is 4.16. The van der Waals surface area contributed by atoms with Crippen LogP contribution in [0.5, 0.6) is 5.75 Å². The first-order chi connectivity index (χ1) is 13.7. The van der Waals surface area contributed by atoms with E-state index in [-0.39, 0.29) is 17.6 Å². The lowest BCUT2D eigenvalue weighted by Crippen LogP contribution is -2.45. The first kappa shape index (κ1) is 18.4. The molecule has 0 bridgehead atoms. The largest absolute Gasteiger partial charge is 0.497 e. The number of aromatic nitrogens is 3. The Morgan fingerprint density at radius 1 is 1.32 bits per heavy atom. The number of benzene rings is 1. The Morgan fingerprint density at radius 2 is 2.14 bits per heavy atom. The second kappa shape index (κ2) is 7.97. The molecule has 2 aromatic heterocycles. The molecule has 28 heavy (non-hydrogen) atoms. The average Bonchev–Trinajstić information content (AvgIpc) is 3.22. The summed E-state index contributed by atoms with van der Waals surface area (Å²) in [5.41, 5.74) is 1.52. The lowest BCUT2D eigenvalue weighted by atomic mass is 10.1. The molecule has 0 aliphatic carbocycles. The number of carbonyl (C=O) groups excluding carboxylic acids is 1. The summed E-state index contributed by atoms with van der Waals surface area (Å²) < 4.78 is 7.31. The Labute approximate surface area is 165 Å². The minimum atomic E-state index is -0.103. The highest BCUT2D eigenvalue weighted by molar-refractivity contribution is 7.17. The topological polar surface area (TPSA) is 89.3 Å². The molecule has 4 rings (SSSR count). The van der Waals surface area contributed by atoms with E-state index in [1.54, 1.807) is 18.1 Å². The molecule has 8 nitrogen and oxygen atoms in total. The van der Waals surface area contributed by atoms with Gasteiger partial charge in [0.25, 0.3) is 5.56 Å². The van der Waals surface area contributed by atoms with Crippen LogP contribution in [0.15, 0.2) is 40.5 Å². The summed E-state index contributed by atoms with van der Waals surface area (Å²) in [7, 11) is 1.62. The minimum Gasteiger partial charge on any atom is -0.497 e. The van der Waals surface area contributed by atoms with Crippen LogP contribution in [0.1, 0.15) is 24.4 Å². The summed E-state index contributed by atoms with van der Waals surface area (Å²) in [6, 6.07) is 9.28. The predicted octanol–water partition coefficient (Wildman–Crippen LogP) is 2.41. The Hall–Kier alpha value is -2.94. The molecule has 146 valence electrons. The van der Waals surface area contributed by atoms with E-state index in [1.807, 2.05) is 29.6 Å². The van der Waals surface area contributed by atoms with Gasteiger partial charge < -0.3 is 15.0 Å². The first-order valence-corrected chi connectivity index (χ1v) is 10.0. The van der Waals surface area contributed by atoms with Crippen molar-refractivity contribution < 1.29 is 9.53 Å². The Kier molecular flexibility index (Phi) is 5.25. The number of urea groups is 1. The van der Waals surface area contributed by atoms with Gasteiger partial charge in [-0.3, -0.25) is 4.79 Å². The fourth-order valence-electron chi connectivity index (χ4n) is 3.41. The van der Waals surface area contributed by atoms with E-state index in [2.05, 4.69) is 15.6 Å². The van der Waals surface area contributed by atoms with Crippen molar-refractivity contribution in [3.05, 3.63) is 51.6 Å². The van der Waals surface area contributed by atoms with Gasteiger partial charge in [0.2, 0.25) is 0 Å². The van der Waals surface area contributed by atoms with Gasteiger partial charge in [0.15, 0.2) is 0 Å². The zero-order chi connectivity index (χ0) is 19.5. The van der Waals surface area contributed by atoms with E-state index in [4.69, 9.17) is 4.74 Å². The summed E-state index contributed by atoms with van der Waals surface area (Å²) in [5, 5.41) is 13.0. The maximum atomic E-state index is 12.6. The molecule has 0 radical (unpaired) electrons. The number of piperidine rings is 1. The van der Waals surface area contributed by atoms with Gasteiger partial charge in [0.05, 0.1) is 13.2 Å². The lowest BCUT2D eigenvalue weighted by Gasteiger charge is -2.32. The van der Waals surface area contributed by atoms with Crippen molar-refractivity contribution >= 4 is 27.6 Å². The Balaban J connectivity index is 1.34. The summed E-state index contributed by atoms with van der Waals surface area (Å²) in [5.74, 6) is 0.766. The SMILES string of the molecule is COc1cccc(CNC(=O)N2CCC(n3nnc4ccsc4c3=O)CC2)c1. The number of hydrogen-bond acceptors (Lipinski definition) is 6. The number of carbonyl (C=O) groups is 1. The summed E-state index contributed by atoms with van der Waals surface area (Å²) in [6.45, 7) is 1.59. The molecule has 1 aliphatic rings. The molecule has 1 saturated heterocycles. The molecule has 1 fully saturated rings. The second-order valence-corrected chi connectivity index (χ2v) is 7.62. The zero-order valence-corrected chi connectivity index (χ0v) is 16.3. The van der Waals surface area contributed by atoms with E-state index >= 15 is 0 Å². The molecule has 3 heterocycles. The van der Waals surface area contributed by atoms with E-state index < -0.39 is 0 Å². The highest BCUT2D eigenvalue weighted by atomic mass is 32.1. The van der Waals surface area contributed by atoms with Gasteiger partial charge in [-0.25, -0.2) is 9.48 Å². The molecule has 0 unspecified atom stereocenters. The van der Waals surface area contributed by atoms with E-state index in [0.29, 0.717) is 42.7 Å². The van der Waals surface area contributed by atoms with Crippen molar-refractivity contribution in [1.29, 1.82) is 0 Å². The van der Waals surface area contributed by atoms with Gasteiger partial charge in [-0.2, -0.15) is 0 Å². The van der Waals surface area contributed by atoms with Crippen molar-refractivity contribution in [2.75, 3.05) is 20.2 Å². The number of fused-ring (bicyclic) bond motifs is 1. The van der Waals surface area contributed by atoms with Crippen LogP contribution >= 0.6 is 11.3 Å². The molecular formula is C19H21N5O3S. The van der Waals surface area contributed by atoms with Crippen LogP contribution in [0.3, 0.4) is 0 Å². The fraction of sp³-hybridized carbons (Fsp3) is 0.368. The van der Waals surface area contributed by atoms with Crippen LogP contribution < -0.4 is 15.6 Å². The molecule has 9 heteroatoms. The van der Waals surface area contributed by atoms with Gasteiger partial charge in [0, 0.05) is 19.6 Å². The number of nitrogens with one attached hydrogen (secondary N) is 1. The van der Waals surface area contributed by atoms with Crippen molar-refractivity contribution in [3.63, 3.8) is 0 Å². The molecule has 0 saturated carbocycles. The van der Waals surface area contributed by atoms with Crippen LogP contribution in [0.2, 0.25) is 0 Å². The molecule has 1 N–H and O–H groups in total. The summed E-state index contributed by atoms with van der Waals surface area (Å²) in [6.07, 6.45) is 1.36. The zero-order valence-electron chi connectivity index (χ0n) is 15.5. The quantitative estimate of drug-likeness (QED) is 0.728. The molecule has 3 aromatic rings. The number of thiophene rings is 1. The summed E-state index contributed by atoms with van der Waals surface area (Å²) in [4.78, 5) is 26.8. The van der Waals surface area contributed by atoms with Crippen molar-refractivity contribution in [3.8, 4) is 5.75 Å². The maximum Gasteiger partial charge on any atom is 0.317 e. The Bertz CT molecular complexity index is 1040. The van der Waals surface area contributed by atoms with Gasteiger partial charge in [-0.05, 0) is 42.0 Å². The smallest absolute Gasteiger partial charge is 0.317 e. The van der Waals surface area contributed by atoms with Crippen LogP contribution in [0.25, 0.3) is 10.2 Å². The number of methoxy groups -OCH3 is 1. The third-order valence-corrected chi connectivity index (χ3v) is 5.86. The average molecular weight is 399 g/mol. The van der Waals surface area contributed by atoms with Gasteiger partial charge in [-0.15, -0.1) is 16.4 Å². The van der Waals surface area contributed by atoms with Gasteiger partial charge in [0.1, 0.15) is 16.0 Å². The van der Waals surface area contributed by atoms with Crippen molar-refractivity contribution in [2.24, 2.45) is 0 Å². The van der Waals surface area contributed by atoms with Crippen molar-refractivity contribution in [1.82, 2.24) is 25.2 Å². The molecule has 2 amide bonds. The molecule has 0 atom stereocenters. The Morgan fingerprint density at radius 3 is 2.93 bits per heavy atom. The molecular weight excluding hydrogens is 378 g/mol. The standard InChI is InChI=1S/C19H21N5O3S/c1-27-15-4-2-3-13(11-15)12-20-19(26)23-8-5-14(6-9-23)24-18(25)17-16(21-22-24)7-10-28-17/h2-4,7,10-11,14H,5-6,8-9,12H2,1H3,(H,20,26). The number of rotatable bonds is 4. The third kappa shape index (κ3) is 3.70. The van der Waals surface area contributed by atoms with Crippen LogP contribution in [0, 0.1) is 0 Å². The predicted molar refractivity (Wildman–Crippen MR) is 107 cm³/mol. The number of likely N-dealkylation sites (tertiary alicyclic amines) is 1. The highest BCUT2D eigenvalue weighted by Gasteiger charge is 2.25. The number of nitrogens with zero attached hydrogens (tertiary/aromatic N) is 4. The van der Waals surface area contributed by atoms with E-state index in [0.717, 1.165) is 11.3 Å². The van der Waals surface area contributed by atoms with Gasteiger partial charge in [-0.1, -0.05) is 17.3 Å². The second-order valence-electron chi connectivity index (χ2n) is 6.70. The highest BCUT2D eigenvalue weighted by Crippen LogP contribution is 2.22. The first-order valence-electron chi connectivity index (χ1n) is 9.14. The lowest BCUT2D eigenvalue weighted by molar-refractivity contribution is 0.166. The molecule has 1 aliphatic heterocycles. The van der Waals surface area contributed by atoms with E-state index in [9.17, 15) is 9.59 Å². The van der Waals surface area contributed by atoms with Crippen LogP contribution in [-0.2, 0) is 6.54 Å². The molecule has 1 aromatic carbocycles. The minimum absolute atomic E-state index is 0.0334. The van der Waals surface area contributed by atoms with E-state index in [1.165, 1.54) is 16.0 Å². The van der Waals surface area contributed by atoms with Crippen LogP contribution in [-0.4, -0.2) is 46.1 Å². The van der Waals surface area contributed by atoms with Gasteiger partial charge >= 0.3 is 6.03 Å². The summed E-state index contributed by atoms with van der Waals surface area (Å²) >= 11 is 1.39.